The van der Waals surface area contributed by atoms with Gasteiger partial charge in [0.2, 0.25) is 0 Å². The van der Waals surface area contributed by atoms with Crippen LogP contribution >= 0.6 is 0 Å². The molecule has 1 aromatic heterocycles. The number of fused-ring (bicyclic) bond motifs is 1. The Bertz CT molecular complexity index is 772. The molecule has 0 bridgehead atoms. The molecule has 3 aromatic rings. The third kappa shape index (κ3) is 3.61. The fraction of sp³-hybridized carbons (Fsp3) is 0.111. The summed E-state index contributed by atoms with van der Waals surface area (Å²) in [6.07, 6.45) is 1.33. The van der Waals surface area contributed by atoms with Crippen molar-refractivity contribution < 1.29 is 9.53 Å². The van der Waals surface area contributed by atoms with E-state index in [0.717, 1.165) is 22.0 Å². The van der Waals surface area contributed by atoms with Crippen LogP contribution in [0, 0.1) is 0 Å². The number of ether oxygens (including phenoxy) is 1. The van der Waals surface area contributed by atoms with Crippen molar-refractivity contribution >= 4 is 17.0 Å². The number of hydrogen-bond acceptors (Lipinski definition) is 3. The van der Waals surface area contributed by atoms with Crippen LogP contribution in [0.1, 0.15) is 11.1 Å². The van der Waals surface area contributed by atoms with Gasteiger partial charge in [0.1, 0.15) is 6.61 Å². The van der Waals surface area contributed by atoms with Crippen molar-refractivity contribution in [1.29, 1.82) is 0 Å². The molecule has 4 heteroatoms. The number of para-hydroxylation sites is 1. The van der Waals surface area contributed by atoms with Crippen LogP contribution in [0.5, 0.6) is 0 Å². The number of amides is 1. The third-order valence-corrected chi connectivity index (χ3v) is 3.30. The van der Waals surface area contributed by atoms with Gasteiger partial charge in [-0.3, -0.25) is 4.98 Å². The van der Waals surface area contributed by atoms with E-state index in [1.54, 1.807) is 6.20 Å². The van der Waals surface area contributed by atoms with Gasteiger partial charge in [-0.1, -0.05) is 48.5 Å². The van der Waals surface area contributed by atoms with Crippen LogP contribution < -0.4 is 5.32 Å². The van der Waals surface area contributed by atoms with Gasteiger partial charge in [-0.2, -0.15) is 0 Å². The van der Waals surface area contributed by atoms with Gasteiger partial charge in [0.15, 0.2) is 0 Å². The SMILES string of the molecule is O=C(NCc1cnc2ccccc2c1)OCc1ccccc1. The number of nitrogens with zero attached hydrogens (tertiary/aromatic N) is 1. The van der Waals surface area contributed by atoms with Crippen molar-refractivity contribution in [2.75, 3.05) is 0 Å². The molecule has 2 aromatic carbocycles. The van der Waals surface area contributed by atoms with Gasteiger partial charge in [0.25, 0.3) is 0 Å². The zero-order valence-electron chi connectivity index (χ0n) is 12.0. The maximum Gasteiger partial charge on any atom is 0.407 e. The smallest absolute Gasteiger partial charge is 0.407 e. The monoisotopic (exact) mass is 292 g/mol. The fourth-order valence-corrected chi connectivity index (χ4v) is 2.16. The second kappa shape index (κ2) is 6.72. The average Bonchev–Trinajstić information content (AvgIpc) is 2.59. The van der Waals surface area contributed by atoms with E-state index in [1.165, 1.54) is 0 Å². The Labute approximate surface area is 128 Å². The molecule has 0 saturated heterocycles. The Morgan fingerprint density at radius 1 is 1.00 bits per heavy atom. The molecular formula is C18H16N2O2. The van der Waals surface area contributed by atoms with Crippen LogP contribution in [0.15, 0.2) is 66.9 Å². The van der Waals surface area contributed by atoms with Crippen LogP contribution in [0.2, 0.25) is 0 Å². The van der Waals surface area contributed by atoms with Crippen LogP contribution in [0.3, 0.4) is 0 Å². The molecule has 22 heavy (non-hydrogen) atoms. The molecule has 0 aliphatic carbocycles. The predicted octanol–water partition coefficient (Wildman–Crippen LogP) is 3.66. The molecular weight excluding hydrogens is 276 g/mol. The molecule has 0 spiro atoms. The summed E-state index contributed by atoms with van der Waals surface area (Å²) in [4.78, 5) is 16.1. The number of nitrogens with one attached hydrogen (secondary N) is 1. The second-order valence-corrected chi connectivity index (χ2v) is 4.95. The van der Waals surface area contributed by atoms with E-state index in [0.29, 0.717) is 6.54 Å². The van der Waals surface area contributed by atoms with Gasteiger partial charge in [-0.15, -0.1) is 0 Å². The van der Waals surface area contributed by atoms with Crippen molar-refractivity contribution in [3.63, 3.8) is 0 Å². The van der Waals surface area contributed by atoms with Gasteiger partial charge < -0.3 is 10.1 Å². The molecule has 110 valence electrons. The van der Waals surface area contributed by atoms with E-state index in [4.69, 9.17) is 4.74 Å². The molecule has 0 unspecified atom stereocenters. The van der Waals surface area contributed by atoms with Crippen LogP contribution in [0.4, 0.5) is 4.79 Å². The van der Waals surface area contributed by atoms with Crippen molar-refractivity contribution in [1.82, 2.24) is 10.3 Å². The van der Waals surface area contributed by atoms with Gasteiger partial charge in [0.05, 0.1) is 5.52 Å². The van der Waals surface area contributed by atoms with Gasteiger partial charge in [-0.05, 0) is 23.3 Å². The van der Waals surface area contributed by atoms with E-state index in [2.05, 4.69) is 10.3 Å². The normalized spacial score (nSPS) is 10.4. The summed E-state index contributed by atoms with van der Waals surface area (Å²) in [7, 11) is 0. The number of benzene rings is 2. The Balaban J connectivity index is 1.53. The number of hydrogen-bond donors (Lipinski definition) is 1. The zero-order chi connectivity index (χ0) is 15.2. The number of carbonyl (C=O) groups excluding carboxylic acids is 1. The second-order valence-electron chi connectivity index (χ2n) is 4.95. The van der Waals surface area contributed by atoms with E-state index in [1.807, 2.05) is 60.7 Å². The highest BCUT2D eigenvalue weighted by molar-refractivity contribution is 5.78. The van der Waals surface area contributed by atoms with Gasteiger partial charge in [0, 0.05) is 18.1 Å². The number of aromatic nitrogens is 1. The average molecular weight is 292 g/mol. The summed E-state index contributed by atoms with van der Waals surface area (Å²) >= 11 is 0. The van der Waals surface area contributed by atoms with Crippen LogP contribution in [-0.4, -0.2) is 11.1 Å². The first-order valence-electron chi connectivity index (χ1n) is 7.09. The molecule has 1 heterocycles. The Morgan fingerprint density at radius 3 is 2.64 bits per heavy atom. The summed E-state index contributed by atoms with van der Waals surface area (Å²) in [6, 6.07) is 19.5. The molecule has 4 nitrogen and oxygen atoms in total. The molecule has 0 radical (unpaired) electrons. The first kappa shape index (κ1) is 14.1. The van der Waals surface area contributed by atoms with Crippen molar-refractivity contribution in [3.8, 4) is 0 Å². The standard InChI is InChI=1S/C18H16N2O2/c21-18(22-13-14-6-2-1-3-7-14)20-12-15-10-16-8-4-5-9-17(16)19-11-15/h1-11H,12-13H2,(H,20,21). The lowest BCUT2D eigenvalue weighted by atomic mass is 10.1. The summed E-state index contributed by atoms with van der Waals surface area (Å²) in [5.74, 6) is 0. The highest BCUT2D eigenvalue weighted by Crippen LogP contribution is 2.12. The van der Waals surface area contributed by atoms with Crippen molar-refractivity contribution in [2.45, 2.75) is 13.2 Å². The lowest BCUT2D eigenvalue weighted by Gasteiger charge is -2.07. The molecule has 0 saturated carbocycles. The summed E-state index contributed by atoms with van der Waals surface area (Å²) in [5.41, 5.74) is 2.85. The fourth-order valence-electron chi connectivity index (χ4n) is 2.16. The number of alkyl carbamates (subject to hydrolysis) is 1. The lowest BCUT2D eigenvalue weighted by molar-refractivity contribution is 0.139. The zero-order valence-corrected chi connectivity index (χ0v) is 12.0. The Hall–Kier alpha value is -2.88. The first-order valence-corrected chi connectivity index (χ1v) is 7.09. The number of carbonyl (C=O) groups is 1. The highest BCUT2D eigenvalue weighted by Gasteiger charge is 2.03. The molecule has 0 atom stereocenters. The lowest BCUT2D eigenvalue weighted by Crippen LogP contribution is -2.23. The minimum absolute atomic E-state index is 0.267. The topological polar surface area (TPSA) is 51.2 Å². The first-order chi connectivity index (χ1) is 10.8. The largest absolute Gasteiger partial charge is 0.445 e. The van der Waals surface area contributed by atoms with Crippen LogP contribution in [0.25, 0.3) is 10.9 Å². The molecule has 1 N–H and O–H groups in total. The minimum Gasteiger partial charge on any atom is -0.445 e. The maximum atomic E-state index is 11.7. The van der Waals surface area contributed by atoms with Crippen molar-refractivity contribution in [3.05, 3.63) is 78.0 Å². The number of pyridine rings is 1. The van der Waals surface area contributed by atoms with E-state index < -0.39 is 6.09 Å². The molecule has 0 fully saturated rings. The van der Waals surface area contributed by atoms with Gasteiger partial charge >= 0.3 is 6.09 Å². The van der Waals surface area contributed by atoms with Crippen LogP contribution in [-0.2, 0) is 17.9 Å². The molecule has 3 rings (SSSR count). The minimum atomic E-state index is -0.433. The predicted molar refractivity (Wildman–Crippen MR) is 85.2 cm³/mol. The van der Waals surface area contributed by atoms with E-state index in [9.17, 15) is 4.79 Å². The number of rotatable bonds is 4. The van der Waals surface area contributed by atoms with E-state index >= 15 is 0 Å². The summed E-state index contributed by atoms with van der Waals surface area (Å²) in [5, 5.41) is 3.79. The Morgan fingerprint density at radius 2 is 1.77 bits per heavy atom. The highest BCUT2D eigenvalue weighted by atomic mass is 16.5. The Kier molecular flexibility index (Phi) is 4.30. The summed E-state index contributed by atoms with van der Waals surface area (Å²) in [6.45, 7) is 0.661. The quantitative estimate of drug-likeness (QED) is 0.798. The molecule has 0 aliphatic heterocycles. The molecule has 1 amide bonds. The molecule has 0 aliphatic rings. The maximum absolute atomic E-state index is 11.7. The van der Waals surface area contributed by atoms with Crippen molar-refractivity contribution in [2.24, 2.45) is 0 Å². The van der Waals surface area contributed by atoms with E-state index in [-0.39, 0.29) is 6.61 Å². The summed E-state index contributed by atoms with van der Waals surface area (Å²) < 4.78 is 5.17. The third-order valence-electron chi connectivity index (χ3n) is 3.30. The van der Waals surface area contributed by atoms with Gasteiger partial charge in [-0.25, -0.2) is 4.79 Å².